The van der Waals surface area contributed by atoms with E-state index < -0.39 is 5.91 Å². The van der Waals surface area contributed by atoms with Crippen molar-refractivity contribution in [3.05, 3.63) is 100 Å². The van der Waals surface area contributed by atoms with Gasteiger partial charge in [0.2, 0.25) is 0 Å². The maximum absolute atomic E-state index is 13.5. The number of fused-ring (bicyclic) bond motifs is 1. The Kier molecular flexibility index (Phi) is 6.31. The highest BCUT2D eigenvalue weighted by Crippen LogP contribution is 2.37. The molecule has 2 heterocycles. The van der Waals surface area contributed by atoms with Crippen molar-refractivity contribution in [3.63, 3.8) is 0 Å². The second kappa shape index (κ2) is 9.69. The zero-order valence-electron chi connectivity index (χ0n) is 18.4. The molecular weight excluding hydrogens is 487 g/mol. The number of nitrogens with one attached hydrogen (secondary N) is 1. The number of carbonyl (C=O) groups is 1. The summed E-state index contributed by atoms with van der Waals surface area (Å²) in [4.78, 5) is 13.2. The van der Waals surface area contributed by atoms with Crippen molar-refractivity contribution in [2.24, 2.45) is 5.10 Å². The van der Waals surface area contributed by atoms with E-state index in [1.54, 1.807) is 36.2 Å². The Morgan fingerprint density at radius 1 is 1.14 bits per heavy atom. The van der Waals surface area contributed by atoms with Crippen molar-refractivity contribution in [2.75, 3.05) is 7.11 Å². The first-order valence-corrected chi connectivity index (χ1v) is 11.7. The van der Waals surface area contributed by atoms with Gasteiger partial charge in [-0.05, 0) is 54.6 Å². The number of ether oxygens (including phenoxy) is 1. The Bertz CT molecular complexity index is 1550. The molecule has 6 nitrogen and oxygen atoms in total. The summed E-state index contributed by atoms with van der Waals surface area (Å²) in [6.45, 7) is 0. The topological polar surface area (TPSA) is 68.5 Å². The van der Waals surface area contributed by atoms with Gasteiger partial charge < -0.3 is 4.74 Å². The highest BCUT2D eigenvalue weighted by Gasteiger charge is 2.17. The Hall–Kier alpha value is -4.01. The van der Waals surface area contributed by atoms with Crippen LogP contribution in [0.3, 0.4) is 0 Å². The van der Waals surface area contributed by atoms with Gasteiger partial charge in [-0.2, -0.15) is 10.2 Å². The normalized spacial score (nSPS) is 11.3. The molecule has 0 aliphatic heterocycles. The lowest BCUT2D eigenvalue weighted by Gasteiger charge is -2.00. The molecule has 3 aromatic carbocycles. The standard InChI is InChI=1S/C26H18ClFN4O2S/c1-34-20-11-12-21-22(13-20)35-25(23(21)27)26(33)30-29-14-17-15-32(19-5-3-2-4-6-19)31-24(17)16-7-9-18(28)10-8-16/h2-15H,1H3,(H,30,33). The van der Waals surface area contributed by atoms with E-state index in [1.165, 1.54) is 29.7 Å². The number of hydrogen-bond acceptors (Lipinski definition) is 5. The Labute approximate surface area is 209 Å². The smallest absolute Gasteiger partial charge is 0.283 e. The largest absolute Gasteiger partial charge is 0.497 e. The number of hydrazone groups is 1. The van der Waals surface area contributed by atoms with Gasteiger partial charge in [-0.25, -0.2) is 14.5 Å². The molecule has 9 heteroatoms. The molecule has 0 bridgehead atoms. The summed E-state index contributed by atoms with van der Waals surface area (Å²) in [7, 11) is 1.58. The minimum Gasteiger partial charge on any atom is -0.497 e. The molecule has 0 saturated carbocycles. The number of rotatable bonds is 6. The molecule has 5 aromatic rings. The van der Waals surface area contributed by atoms with Crippen LogP contribution in [0.5, 0.6) is 5.75 Å². The van der Waals surface area contributed by atoms with Crippen molar-refractivity contribution in [2.45, 2.75) is 0 Å². The van der Waals surface area contributed by atoms with Crippen LogP contribution in [0.15, 0.2) is 84.1 Å². The average molecular weight is 505 g/mol. The number of thiophene rings is 1. The first kappa shape index (κ1) is 22.8. The quantitative estimate of drug-likeness (QED) is 0.217. The van der Waals surface area contributed by atoms with Crippen molar-refractivity contribution in [3.8, 4) is 22.7 Å². The van der Waals surface area contributed by atoms with Crippen LogP contribution in [0.4, 0.5) is 4.39 Å². The molecule has 0 aliphatic rings. The van der Waals surface area contributed by atoms with E-state index in [4.69, 9.17) is 16.3 Å². The lowest BCUT2D eigenvalue weighted by Crippen LogP contribution is -2.16. The summed E-state index contributed by atoms with van der Waals surface area (Å²) < 4.78 is 21.3. The van der Waals surface area contributed by atoms with Crippen molar-refractivity contribution < 1.29 is 13.9 Å². The molecule has 2 aromatic heterocycles. The molecule has 0 unspecified atom stereocenters. The lowest BCUT2D eigenvalue weighted by molar-refractivity contribution is 0.0959. The molecule has 0 saturated heterocycles. The number of benzene rings is 3. The lowest BCUT2D eigenvalue weighted by atomic mass is 10.1. The van der Waals surface area contributed by atoms with E-state index in [9.17, 15) is 9.18 Å². The van der Waals surface area contributed by atoms with Crippen LogP contribution in [0.2, 0.25) is 5.02 Å². The van der Waals surface area contributed by atoms with E-state index in [1.807, 2.05) is 42.5 Å². The number of nitrogens with zero attached hydrogens (tertiary/aromatic N) is 3. The number of hydrogen-bond donors (Lipinski definition) is 1. The van der Waals surface area contributed by atoms with E-state index in [2.05, 4.69) is 15.6 Å². The van der Waals surface area contributed by atoms with Gasteiger partial charge in [-0.3, -0.25) is 4.79 Å². The van der Waals surface area contributed by atoms with Crippen LogP contribution in [0.25, 0.3) is 27.0 Å². The molecule has 1 N–H and O–H groups in total. The Balaban J connectivity index is 1.43. The number of methoxy groups -OCH3 is 1. The second-order valence-electron chi connectivity index (χ2n) is 7.53. The number of aromatic nitrogens is 2. The number of amides is 1. The van der Waals surface area contributed by atoms with E-state index in [0.29, 0.717) is 26.9 Å². The summed E-state index contributed by atoms with van der Waals surface area (Å²) in [5.41, 5.74) is 5.36. The van der Waals surface area contributed by atoms with Gasteiger partial charge in [-0.15, -0.1) is 11.3 Å². The van der Waals surface area contributed by atoms with Gasteiger partial charge in [0, 0.05) is 27.4 Å². The first-order chi connectivity index (χ1) is 17.0. The maximum atomic E-state index is 13.5. The molecular formula is C26H18ClFN4O2S. The van der Waals surface area contributed by atoms with Crippen LogP contribution in [-0.2, 0) is 0 Å². The molecule has 0 atom stereocenters. The van der Waals surface area contributed by atoms with Crippen LogP contribution < -0.4 is 10.2 Å². The van der Waals surface area contributed by atoms with Gasteiger partial charge >= 0.3 is 0 Å². The number of carbonyl (C=O) groups excluding carboxylic acids is 1. The minimum atomic E-state index is -0.426. The summed E-state index contributed by atoms with van der Waals surface area (Å²) >= 11 is 7.71. The van der Waals surface area contributed by atoms with E-state index in [0.717, 1.165) is 21.3 Å². The fourth-order valence-corrected chi connectivity index (χ4v) is 4.99. The van der Waals surface area contributed by atoms with Gasteiger partial charge in [0.05, 0.1) is 24.0 Å². The fourth-order valence-electron chi connectivity index (χ4n) is 3.56. The highest BCUT2D eigenvalue weighted by molar-refractivity contribution is 7.21. The zero-order valence-corrected chi connectivity index (χ0v) is 20.0. The molecule has 0 spiro atoms. The van der Waals surface area contributed by atoms with E-state index in [-0.39, 0.29) is 5.82 Å². The third-order valence-electron chi connectivity index (χ3n) is 5.29. The zero-order chi connectivity index (χ0) is 24.4. The third kappa shape index (κ3) is 4.66. The first-order valence-electron chi connectivity index (χ1n) is 10.5. The third-order valence-corrected chi connectivity index (χ3v) is 6.95. The molecule has 0 aliphatic carbocycles. The molecule has 0 fully saturated rings. The van der Waals surface area contributed by atoms with Gasteiger partial charge in [0.15, 0.2) is 0 Å². The van der Waals surface area contributed by atoms with Gasteiger partial charge in [-0.1, -0.05) is 29.8 Å². The predicted molar refractivity (Wildman–Crippen MR) is 137 cm³/mol. The van der Waals surface area contributed by atoms with Crippen LogP contribution >= 0.6 is 22.9 Å². The molecule has 174 valence electrons. The molecule has 1 amide bonds. The summed E-state index contributed by atoms with van der Waals surface area (Å²) in [5, 5.41) is 9.94. The van der Waals surface area contributed by atoms with Gasteiger partial charge in [0.25, 0.3) is 5.91 Å². The molecule has 35 heavy (non-hydrogen) atoms. The Morgan fingerprint density at radius 3 is 2.66 bits per heavy atom. The maximum Gasteiger partial charge on any atom is 0.283 e. The van der Waals surface area contributed by atoms with Crippen molar-refractivity contribution in [1.82, 2.24) is 15.2 Å². The van der Waals surface area contributed by atoms with Gasteiger partial charge in [0.1, 0.15) is 22.1 Å². The summed E-state index contributed by atoms with van der Waals surface area (Å²) in [5.74, 6) is -0.0779. The molecule has 0 radical (unpaired) electrons. The summed E-state index contributed by atoms with van der Waals surface area (Å²) in [6, 6.07) is 21.1. The van der Waals surface area contributed by atoms with Crippen molar-refractivity contribution >= 4 is 45.1 Å². The van der Waals surface area contributed by atoms with Crippen molar-refractivity contribution in [1.29, 1.82) is 0 Å². The van der Waals surface area contributed by atoms with E-state index >= 15 is 0 Å². The monoisotopic (exact) mass is 504 g/mol. The second-order valence-corrected chi connectivity index (χ2v) is 8.96. The SMILES string of the molecule is COc1ccc2c(Cl)c(C(=O)NN=Cc3cn(-c4ccccc4)nc3-c3ccc(F)cc3)sc2c1. The highest BCUT2D eigenvalue weighted by atomic mass is 35.5. The number of para-hydroxylation sites is 1. The summed E-state index contributed by atoms with van der Waals surface area (Å²) in [6.07, 6.45) is 3.30. The number of halogens is 2. The van der Waals surface area contributed by atoms with Crippen LogP contribution in [-0.4, -0.2) is 29.0 Å². The fraction of sp³-hybridized carbons (Fsp3) is 0.0385. The predicted octanol–water partition coefficient (Wildman–Crippen LogP) is 6.32. The minimum absolute atomic E-state index is 0.337. The van der Waals surface area contributed by atoms with Crippen LogP contribution in [0.1, 0.15) is 15.2 Å². The molecule has 5 rings (SSSR count). The van der Waals surface area contributed by atoms with Crippen LogP contribution in [0, 0.1) is 5.82 Å². The average Bonchev–Trinajstić information content (AvgIpc) is 3.46. The Morgan fingerprint density at radius 2 is 1.91 bits per heavy atom.